The Kier molecular flexibility index (Phi) is 5.02. The number of anilines is 1. The van der Waals surface area contributed by atoms with E-state index in [-0.39, 0.29) is 12.0 Å². The van der Waals surface area contributed by atoms with Crippen molar-refractivity contribution < 1.29 is 5.11 Å². The van der Waals surface area contributed by atoms with Crippen LogP contribution in [0.1, 0.15) is 26.7 Å². The third-order valence-corrected chi connectivity index (χ3v) is 3.72. The van der Waals surface area contributed by atoms with Crippen LogP contribution >= 0.6 is 27.3 Å². The number of rotatable bonds is 6. The maximum absolute atomic E-state index is 8.78. The highest BCUT2D eigenvalue weighted by Gasteiger charge is 2.17. The third kappa shape index (κ3) is 4.95. The second-order valence-electron chi connectivity index (χ2n) is 4.32. The monoisotopic (exact) mass is 292 g/mol. The Morgan fingerprint density at radius 3 is 2.87 bits per heavy atom. The largest absolute Gasteiger partial charge is 0.396 e. The molecule has 0 unspecified atom stereocenters. The fourth-order valence-electron chi connectivity index (χ4n) is 1.30. The zero-order valence-corrected chi connectivity index (χ0v) is 11.5. The summed E-state index contributed by atoms with van der Waals surface area (Å²) in [6.07, 6.45) is 1.87. The zero-order chi connectivity index (χ0) is 11.3. The Hall–Kier alpha value is -0.130. The highest BCUT2D eigenvalue weighted by molar-refractivity contribution is 9.10. The van der Waals surface area contributed by atoms with E-state index in [0.29, 0.717) is 0 Å². The summed E-state index contributed by atoms with van der Waals surface area (Å²) >= 11 is 4.92. The number of nitrogens with one attached hydrogen (secondary N) is 1. The van der Waals surface area contributed by atoms with Gasteiger partial charge in [0.15, 0.2) is 5.13 Å². The molecule has 0 aliphatic rings. The van der Waals surface area contributed by atoms with Crippen molar-refractivity contribution in [2.24, 2.45) is 5.41 Å². The van der Waals surface area contributed by atoms with Gasteiger partial charge < -0.3 is 10.4 Å². The Bertz CT molecular complexity index is 301. The van der Waals surface area contributed by atoms with E-state index in [1.165, 1.54) is 0 Å². The summed E-state index contributed by atoms with van der Waals surface area (Å²) in [5.41, 5.74) is 0.195. The van der Waals surface area contributed by atoms with E-state index in [2.05, 4.69) is 40.1 Å². The molecule has 0 atom stereocenters. The first-order chi connectivity index (χ1) is 7.03. The average molecular weight is 293 g/mol. The summed E-state index contributed by atoms with van der Waals surface area (Å²) in [6.45, 7) is 5.54. The number of aliphatic hydroxyl groups excluding tert-OH is 1. The van der Waals surface area contributed by atoms with Crippen LogP contribution in [0.4, 0.5) is 5.13 Å². The van der Waals surface area contributed by atoms with E-state index in [1.807, 2.05) is 5.38 Å². The Morgan fingerprint density at radius 1 is 1.60 bits per heavy atom. The van der Waals surface area contributed by atoms with Gasteiger partial charge in [-0.2, -0.15) is 0 Å². The van der Waals surface area contributed by atoms with E-state index in [1.54, 1.807) is 11.3 Å². The molecule has 86 valence electrons. The van der Waals surface area contributed by atoms with Crippen LogP contribution < -0.4 is 5.32 Å². The number of hydrogen-bond donors (Lipinski definition) is 2. The van der Waals surface area contributed by atoms with Crippen molar-refractivity contribution in [2.75, 3.05) is 18.5 Å². The molecule has 0 amide bonds. The molecule has 0 aromatic carbocycles. The maximum atomic E-state index is 8.78. The van der Waals surface area contributed by atoms with Crippen molar-refractivity contribution in [1.82, 2.24) is 4.98 Å². The van der Waals surface area contributed by atoms with E-state index < -0.39 is 0 Å². The van der Waals surface area contributed by atoms with Gasteiger partial charge in [-0.25, -0.2) is 4.98 Å². The molecule has 0 saturated carbocycles. The summed E-state index contributed by atoms with van der Waals surface area (Å²) in [7, 11) is 0. The number of nitrogens with zero attached hydrogens (tertiary/aromatic N) is 1. The lowest BCUT2D eigenvalue weighted by Gasteiger charge is -2.24. The number of hydrogen-bond acceptors (Lipinski definition) is 4. The van der Waals surface area contributed by atoms with Crippen LogP contribution in [0, 0.1) is 5.41 Å². The predicted octanol–water partition coefficient (Wildman–Crippen LogP) is 3.12. The second kappa shape index (κ2) is 5.82. The number of thiazole rings is 1. The van der Waals surface area contributed by atoms with Gasteiger partial charge in [0.05, 0.1) is 0 Å². The molecule has 1 aromatic heterocycles. The lowest BCUT2D eigenvalue weighted by atomic mass is 9.88. The maximum Gasteiger partial charge on any atom is 0.183 e. The van der Waals surface area contributed by atoms with Crippen LogP contribution in [0.5, 0.6) is 0 Å². The van der Waals surface area contributed by atoms with Gasteiger partial charge >= 0.3 is 0 Å². The van der Waals surface area contributed by atoms with Crippen molar-refractivity contribution in [3.05, 3.63) is 9.98 Å². The molecular weight excluding hydrogens is 276 g/mol. The van der Waals surface area contributed by atoms with Crippen molar-refractivity contribution >= 4 is 32.4 Å². The van der Waals surface area contributed by atoms with Crippen LogP contribution in [0.15, 0.2) is 9.98 Å². The minimum Gasteiger partial charge on any atom is -0.396 e. The van der Waals surface area contributed by atoms with Gasteiger partial charge in [0.25, 0.3) is 0 Å². The van der Waals surface area contributed by atoms with Crippen LogP contribution in [0.25, 0.3) is 0 Å². The van der Waals surface area contributed by atoms with Crippen molar-refractivity contribution in [3.8, 4) is 0 Å². The molecule has 0 spiro atoms. The molecule has 5 heteroatoms. The number of halogens is 1. The van der Waals surface area contributed by atoms with Gasteiger partial charge in [-0.3, -0.25) is 0 Å². The molecule has 1 rings (SSSR count). The summed E-state index contributed by atoms with van der Waals surface area (Å²) in [6, 6.07) is 0. The van der Waals surface area contributed by atoms with Crippen LogP contribution in [0.3, 0.4) is 0 Å². The molecule has 0 saturated heterocycles. The molecular formula is C10H17BrN2OS. The van der Waals surface area contributed by atoms with Gasteiger partial charge in [0.1, 0.15) is 4.60 Å². The third-order valence-electron chi connectivity index (χ3n) is 2.21. The molecule has 0 aliphatic heterocycles. The fraction of sp³-hybridized carbons (Fsp3) is 0.700. The van der Waals surface area contributed by atoms with Crippen molar-refractivity contribution in [2.45, 2.75) is 26.7 Å². The van der Waals surface area contributed by atoms with Crippen LogP contribution in [0.2, 0.25) is 0 Å². The minimum absolute atomic E-state index is 0.195. The smallest absolute Gasteiger partial charge is 0.183 e. The highest BCUT2D eigenvalue weighted by atomic mass is 79.9. The first-order valence-electron chi connectivity index (χ1n) is 4.99. The molecule has 0 aliphatic carbocycles. The van der Waals surface area contributed by atoms with Gasteiger partial charge in [-0.05, 0) is 34.2 Å². The van der Waals surface area contributed by atoms with Crippen molar-refractivity contribution in [3.63, 3.8) is 0 Å². The lowest BCUT2D eigenvalue weighted by Crippen LogP contribution is -2.23. The molecule has 1 aromatic rings. The summed E-state index contributed by atoms with van der Waals surface area (Å²) < 4.78 is 0.878. The predicted molar refractivity (Wildman–Crippen MR) is 68.4 cm³/mol. The van der Waals surface area contributed by atoms with E-state index in [9.17, 15) is 0 Å². The lowest BCUT2D eigenvalue weighted by molar-refractivity contribution is 0.248. The molecule has 0 radical (unpaired) electrons. The molecule has 3 nitrogen and oxygen atoms in total. The highest BCUT2D eigenvalue weighted by Crippen LogP contribution is 2.25. The van der Waals surface area contributed by atoms with Crippen LogP contribution in [-0.4, -0.2) is 23.2 Å². The van der Waals surface area contributed by atoms with Crippen molar-refractivity contribution in [1.29, 1.82) is 0 Å². The molecule has 0 bridgehead atoms. The Morgan fingerprint density at radius 2 is 2.33 bits per heavy atom. The number of aromatic nitrogens is 1. The summed E-state index contributed by atoms with van der Waals surface area (Å²) in [5, 5.41) is 15.0. The Balaban J connectivity index is 2.35. The minimum atomic E-state index is 0.195. The fourth-order valence-corrected chi connectivity index (χ4v) is 2.44. The summed E-state index contributed by atoms with van der Waals surface area (Å²) in [4.78, 5) is 4.27. The standard InChI is InChI=1S/C10H17BrN2OS/c1-10(2,4-3-5-14)7-12-9-13-8(11)6-15-9/h6,14H,3-5,7H2,1-2H3,(H,12,13). The Labute approximate surface area is 103 Å². The van der Waals surface area contributed by atoms with E-state index in [0.717, 1.165) is 29.1 Å². The number of aliphatic hydroxyl groups is 1. The van der Waals surface area contributed by atoms with Gasteiger partial charge in [-0.1, -0.05) is 13.8 Å². The van der Waals surface area contributed by atoms with Gasteiger partial charge in [0, 0.05) is 18.5 Å². The normalized spacial score (nSPS) is 11.7. The zero-order valence-electron chi connectivity index (χ0n) is 9.09. The molecule has 0 fully saturated rings. The van der Waals surface area contributed by atoms with E-state index in [4.69, 9.17) is 5.11 Å². The average Bonchev–Trinajstić information content (AvgIpc) is 2.59. The summed E-state index contributed by atoms with van der Waals surface area (Å²) in [5.74, 6) is 0. The van der Waals surface area contributed by atoms with Gasteiger partial charge in [0.2, 0.25) is 0 Å². The van der Waals surface area contributed by atoms with Gasteiger partial charge in [-0.15, -0.1) is 11.3 Å². The SMILES string of the molecule is CC(C)(CCCO)CNc1nc(Br)cs1. The molecule has 15 heavy (non-hydrogen) atoms. The molecule has 2 N–H and O–H groups in total. The second-order valence-corrected chi connectivity index (χ2v) is 5.99. The van der Waals surface area contributed by atoms with E-state index >= 15 is 0 Å². The molecule has 1 heterocycles. The first-order valence-corrected chi connectivity index (χ1v) is 6.66. The van der Waals surface area contributed by atoms with Crippen LogP contribution in [-0.2, 0) is 0 Å². The quantitative estimate of drug-likeness (QED) is 0.847. The topological polar surface area (TPSA) is 45.1 Å². The first kappa shape index (κ1) is 12.9.